The zero-order valence-corrected chi connectivity index (χ0v) is 21.2. The topological polar surface area (TPSA) is 65.7 Å². The van der Waals surface area contributed by atoms with Gasteiger partial charge >= 0.3 is 0 Å². The highest BCUT2D eigenvalue weighted by Gasteiger charge is 1.86. The maximum absolute atomic E-state index is 5.30. The van der Waals surface area contributed by atoms with Gasteiger partial charge in [0.05, 0.1) is 14.9 Å². The summed E-state index contributed by atoms with van der Waals surface area (Å²) in [6.45, 7) is 6.76. The van der Waals surface area contributed by atoms with Crippen molar-refractivity contribution in [1.82, 2.24) is 5.09 Å². The van der Waals surface area contributed by atoms with E-state index in [0.29, 0.717) is 0 Å². The molecule has 0 saturated carbocycles. The van der Waals surface area contributed by atoms with Crippen LogP contribution in [0.15, 0.2) is 0 Å². The molecule has 13 heteroatoms. The highest BCUT2D eigenvalue weighted by molar-refractivity contribution is 8.03. The van der Waals surface area contributed by atoms with Gasteiger partial charge in [0.1, 0.15) is 15.0 Å². The number of halogens is 4. The molecule has 0 heterocycles. The van der Waals surface area contributed by atoms with Crippen LogP contribution in [0.2, 0.25) is 0 Å². The molecular formula is C9H30Cl4N2O3P4. The molecule has 5 nitrogen and oxygen atoms in total. The molecule has 0 bridgehead atoms. The Kier molecular flexibility index (Phi) is 56.7. The van der Waals surface area contributed by atoms with Crippen LogP contribution in [0.5, 0.6) is 0 Å². The molecule has 0 aliphatic rings. The molecule has 0 aromatic heterocycles. The number of nitrogens with two attached hydrogens (primary N) is 1. The molecule has 0 aliphatic carbocycles. The van der Waals surface area contributed by atoms with E-state index in [1.165, 1.54) is 7.05 Å². The summed E-state index contributed by atoms with van der Waals surface area (Å²) in [6.07, 6.45) is 0. The minimum Gasteiger partial charge on any atom is -0.347 e. The Morgan fingerprint density at radius 2 is 0.909 bits per heavy atom. The molecule has 0 amide bonds. The van der Waals surface area contributed by atoms with Crippen molar-refractivity contribution >= 4 is 74.9 Å². The predicted molar refractivity (Wildman–Crippen MR) is 115 cm³/mol. The van der Waals surface area contributed by atoms with Gasteiger partial charge in [-0.2, -0.15) is 0 Å². The van der Waals surface area contributed by atoms with Gasteiger partial charge in [-0.3, -0.25) is 5.09 Å². The van der Waals surface area contributed by atoms with Gasteiger partial charge in [0.25, 0.3) is 0 Å². The van der Waals surface area contributed by atoms with Gasteiger partial charge in [0.2, 0.25) is 0 Å². The van der Waals surface area contributed by atoms with E-state index in [9.17, 15) is 0 Å². The molecule has 0 fully saturated rings. The first-order chi connectivity index (χ1) is 10.1. The molecule has 142 valence electrons. The Morgan fingerprint density at radius 1 is 0.727 bits per heavy atom. The molecule has 3 atom stereocenters. The molecule has 3 N–H and O–H groups in total. The lowest BCUT2D eigenvalue weighted by atomic mass is 11.6. The lowest BCUT2D eigenvalue weighted by Crippen LogP contribution is -1.95. The van der Waals surface area contributed by atoms with Crippen molar-refractivity contribution in [2.75, 3.05) is 62.1 Å². The molecular weight excluding hydrogens is 450 g/mol. The Labute approximate surface area is 161 Å². The van der Waals surface area contributed by atoms with Crippen LogP contribution in [0.3, 0.4) is 0 Å². The monoisotopic (exact) mass is 478 g/mol. The van der Waals surface area contributed by atoms with E-state index >= 15 is 0 Å². The number of rotatable bonds is 4. The average Bonchev–Trinajstić information content (AvgIpc) is 2.48. The van der Waals surface area contributed by atoms with Gasteiger partial charge in [0.15, 0.2) is 0 Å². The first-order valence-corrected chi connectivity index (χ1v) is 16.1. The van der Waals surface area contributed by atoms with Crippen LogP contribution in [-0.2, 0) is 13.6 Å². The maximum Gasteiger partial charge on any atom is 0.120 e. The van der Waals surface area contributed by atoms with E-state index in [-0.39, 0.29) is 8.30 Å². The lowest BCUT2D eigenvalue weighted by Gasteiger charge is -2.03. The van der Waals surface area contributed by atoms with Gasteiger partial charge in [-0.15, -0.1) is 0 Å². The van der Waals surface area contributed by atoms with E-state index in [0.717, 1.165) is 0 Å². The minimum absolute atomic E-state index is 0.326. The van der Waals surface area contributed by atoms with Crippen molar-refractivity contribution in [3.05, 3.63) is 0 Å². The fourth-order valence-corrected chi connectivity index (χ4v) is 0.274. The number of nitrogens with one attached hydrogen (secondary N) is 1. The molecule has 0 saturated heterocycles. The summed E-state index contributed by atoms with van der Waals surface area (Å²) in [4.78, 5) is 0. The van der Waals surface area contributed by atoms with Crippen LogP contribution >= 0.6 is 74.9 Å². The zero-order valence-electron chi connectivity index (χ0n) is 14.6. The van der Waals surface area contributed by atoms with Crippen LogP contribution in [0, 0.1) is 0 Å². The number of hydrogen-bond acceptors (Lipinski definition) is 5. The maximum atomic E-state index is 5.30. The van der Waals surface area contributed by atoms with Crippen molar-refractivity contribution in [3.8, 4) is 0 Å². The Bertz CT molecular complexity index is 154. The molecule has 0 radical (unpaired) electrons. The molecule has 0 rings (SSSR count). The van der Waals surface area contributed by atoms with E-state index in [2.05, 4.69) is 19.9 Å². The summed E-state index contributed by atoms with van der Waals surface area (Å²) in [6, 6.07) is 0. The Hall–Kier alpha value is 2.68. The highest BCUT2D eigenvalue weighted by Crippen LogP contribution is 2.41. The summed E-state index contributed by atoms with van der Waals surface area (Å²) in [5, 5.41) is 2.96. The second-order valence-electron chi connectivity index (χ2n) is 2.51. The average molecular weight is 480 g/mol. The smallest absolute Gasteiger partial charge is 0.120 e. The molecule has 0 aromatic rings. The van der Waals surface area contributed by atoms with Gasteiger partial charge < -0.3 is 19.3 Å². The second kappa shape index (κ2) is 34.9. The SMILES string of the molecule is CN.CNP(C)OC.COP(C)Cl.COP(C)Cl.CP(Cl)Cl. The highest BCUT2D eigenvalue weighted by atomic mass is 35.9. The fourth-order valence-electron chi connectivity index (χ4n) is 0.0913. The first kappa shape index (κ1) is 35.7. The normalized spacial score (nSPS) is 12.7. The van der Waals surface area contributed by atoms with Crippen LogP contribution in [0.4, 0.5) is 0 Å². The van der Waals surface area contributed by atoms with E-state index in [1.54, 1.807) is 28.0 Å². The summed E-state index contributed by atoms with van der Waals surface area (Å²) in [5.74, 6) is 0. The summed E-state index contributed by atoms with van der Waals surface area (Å²) >= 11 is 20.8. The molecule has 22 heavy (non-hydrogen) atoms. The number of hydrogen-bond donors (Lipinski definition) is 2. The van der Waals surface area contributed by atoms with Crippen molar-refractivity contribution in [2.24, 2.45) is 5.73 Å². The standard InChI is InChI=1S/C3H10NOP.2C2H6ClOP.CH3Cl2P.CH5N/c1-4-6(3)5-2;2*1-4-5(2)3;1-4(2)3;1-2/h4H,1-3H3;2*1-2H3;1H3;2H2,1H3. The van der Waals surface area contributed by atoms with Gasteiger partial charge in [0, 0.05) is 21.3 Å². The van der Waals surface area contributed by atoms with Crippen molar-refractivity contribution in [1.29, 1.82) is 0 Å². The molecule has 3 unspecified atom stereocenters. The Balaban J connectivity index is -0.0000000567. The van der Waals surface area contributed by atoms with Gasteiger partial charge in [-0.25, -0.2) is 0 Å². The third kappa shape index (κ3) is 93.5. The van der Waals surface area contributed by atoms with Gasteiger partial charge in [-0.1, -0.05) is 45.0 Å². The van der Waals surface area contributed by atoms with Gasteiger partial charge in [-0.05, 0) is 40.8 Å². The molecule has 0 aromatic carbocycles. The third-order valence-electron chi connectivity index (χ3n) is 1.09. The van der Waals surface area contributed by atoms with Crippen LogP contribution in [0.25, 0.3) is 0 Å². The van der Waals surface area contributed by atoms with E-state index in [4.69, 9.17) is 49.5 Å². The molecule has 0 aliphatic heterocycles. The summed E-state index contributed by atoms with van der Waals surface area (Å²) < 4.78 is 14.0. The quantitative estimate of drug-likeness (QED) is 0.456. The Morgan fingerprint density at radius 3 is 0.909 bits per heavy atom. The second-order valence-corrected chi connectivity index (χ2v) is 14.0. The van der Waals surface area contributed by atoms with E-state index in [1.807, 2.05) is 27.0 Å². The summed E-state index contributed by atoms with van der Waals surface area (Å²) in [7, 11) is 6.69. The fraction of sp³-hybridized carbons (Fsp3) is 1.00. The van der Waals surface area contributed by atoms with Crippen LogP contribution in [0.1, 0.15) is 0 Å². The molecule has 0 spiro atoms. The van der Waals surface area contributed by atoms with E-state index < -0.39 is 21.6 Å². The third-order valence-corrected chi connectivity index (χ3v) is 4.10. The first-order valence-electron chi connectivity index (χ1n) is 5.54. The predicted octanol–water partition coefficient (Wildman–Crippen LogP) is 6.40. The largest absolute Gasteiger partial charge is 0.347 e. The lowest BCUT2D eigenvalue weighted by molar-refractivity contribution is 0.459. The zero-order chi connectivity index (χ0) is 19.1. The van der Waals surface area contributed by atoms with Crippen molar-refractivity contribution < 1.29 is 13.6 Å². The van der Waals surface area contributed by atoms with Crippen molar-refractivity contribution in [3.63, 3.8) is 0 Å². The minimum atomic E-state index is -0.676. The van der Waals surface area contributed by atoms with Crippen LogP contribution in [-0.4, -0.2) is 62.1 Å². The van der Waals surface area contributed by atoms with Crippen LogP contribution < -0.4 is 10.8 Å². The van der Waals surface area contributed by atoms with Crippen molar-refractivity contribution in [2.45, 2.75) is 0 Å². The summed E-state index contributed by atoms with van der Waals surface area (Å²) in [5.41, 5.74) is 4.50.